The topological polar surface area (TPSA) is 64.8 Å². The molecule has 1 aromatic heterocycles. The van der Waals surface area contributed by atoms with E-state index in [4.69, 9.17) is 0 Å². The lowest BCUT2D eigenvalue weighted by Crippen LogP contribution is -2.26. The molecule has 0 aliphatic heterocycles. The number of hydrogen-bond donors (Lipinski definition) is 1. The van der Waals surface area contributed by atoms with Crippen molar-refractivity contribution in [3.05, 3.63) is 41.7 Å². The van der Waals surface area contributed by atoms with E-state index in [0.717, 1.165) is 43.3 Å². The Morgan fingerprint density at radius 3 is 2.48 bits per heavy atom. The van der Waals surface area contributed by atoms with Crippen LogP contribution < -0.4 is 10.2 Å². The van der Waals surface area contributed by atoms with Crippen LogP contribution in [-0.2, 0) is 0 Å². The van der Waals surface area contributed by atoms with Gasteiger partial charge in [-0.25, -0.2) is 9.97 Å². The fourth-order valence-electron chi connectivity index (χ4n) is 2.49. The van der Waals surface area contributed by atoms with Gasteiger partial charge in [0.05, 0.1) is 11.3 Å². The van der Waals surface area contributed by atoms with Crippen LogP contribution in [0.25, 0.3) is 0 Å². The average Bonchev–Trinajstić information content (AvgIpc) is 2.54. The summed E-state index contributed by atoms with van der Waals surface area (Å²) in [5.41, 5.74) is 1.36. The van der Waals surface area contributed by atoms with Crippen molar-refractivity contribution in [2.45, 2.75) is 33.6 Å². The molecule has 0 spiro atoms. The van der Waals surface area contributed by atoms with Crippen LogP contribution in [0.5, 0.6) is 0 Å². The third-order valence-electron chi connectivity index (χ3n) is 3.45. The minimum Gasteiger partial charge on any atom is -0.356 e. The molecule has 2 rings (SSSR count). The molecule has 5 heteroatoms. The first-order valence-electron chi connectivity index (χ1n) is 8.04. The first kappa shape index (κ1) is 16.8. The number of anilines is 3. The Labute approximate surface area is 138 Å². The Hall–Kier alpha value is -2.61. The number of nitrogens with one attached hydrogen (secondary N) is 1. The number of hydrogen-bond acceptors (Lipinski definition) is 5. The molecular weight excluding hydrogens is 286 g/mol. The third-order valence-corrected chi connectivity index (χ3v) is 3.45. The highest BCUT2D eigenvalue weighted by atomic mass is 15.2. The predicted molar refractivity (Wildman–Crippen MR) is 94.0 cm³/mol. The Bertz CT molecular complexity index is 684. The second kappa shape index (κ2) is 8.14. The normalized spacial score (nSPS) is 10.2. The molecule has 0 bridgehead atoms. The van der Waals surface area contributed by atoms with Crippen molar-refractivity contribution in [1.82, 2.24) is 9.97 Å². The highest BCUT2D eigenvalue weighted by Gasteiger charge is 2.10. The summed E-state index contributed by atoms with van der Waals surface area (Å²) in [5, 5.41) is 12.4. The summed E-state index contributed by atoms with van der Waals surface area (Å²) in [6.07, 6.45) is 2.14. The van der Waals surface area contributed by atoms with E-state index >= 15 is 0 Å². The number of benzene rings is 1. The van der Waals surface area contributed by atoms with Gasteiger partial charge in [0.15, 0.2) is 0 Å². The van der Waals surface area contributed by atoms with Gasteiger partial charge in [0.25, 0.3) is 0 Å². The van der Waals surface area contributed by atoms with Crippen LogP contribution in [0.3, 0.4) is 0 Å². The first-order valence-corrected chi connectivity index (χ1v) is 8.04. The van der Waals surface area contributed by atoms with Crippen molar-refractivity contribution in [3.8, 4) is 6.07 Å². The third kappa shape index (κ3) is 4.43. The maximum absolute atomic E-state index is 9.20. The summed E-state index contributed by atoms with van der Waals surface area (Å²) in [7, 11) is 0. The van der Waals surface area contributed by atoms with Crippen molar-refractivity contribution < 1.29 is 0 Å². The summed E-state index contributed by atoms with van der Waals surface area (Å²) in [5.74, 6) is 2.36. The van der Waals surface area contributed by atoms with Gasteiger partial charge in [-0.1, -0.05) is 26.0 Å². The Balaban J connectivity index is 2.31. The first-order chi connectivity index (χ1) is 11.2. The van der Waals surface area contributed by atoms with Gasteiger partial charge in [-0.3, -0.25) is 0 Å². The van der Waals surface area contributed by atoms with Crippen LogP contribution >= 0.6 is 0 Å². The van der Waals surface area contributed by atoms with Crippen LogP contribution in [-0.4, -0.2) is 23.1 Å². The van der Waals surface area contributed by atoms with E-state index in [1.54, 1.807) is 6.07 Å². The molecule has 0 fully saturated rings. The molecule has 1 N–H and O–H groups in total. The average molecular weight is 309 g/mol. The number of aryl methyl sites for hydroxylation is 1. The molecule has 120 valence electrons. The fraction of sp³-hybridized carbons (Fsp3) is 0.389. The van der Waals surface area contributed by atoms with Crippen molar-refractivity contribution >= 4 is 17.3 Å². The lowest BCUT2D eigenvalue weighted by atomic mass is 10.2. The largest absolute Gasteiger partial charge is 0.356 e. The number of para-hydroxylation sites is 1. The van der Waals surface area contributed by atoms with E-state index in [9.17, 15) is 5.26 Å². The van der Waals surface area contributed by atoms with Crippen molar-refractivity contribution in [2.75, 3.05) is 23.3 Å². The van der Waals surface area contributed by atoms with Gasteiger partial charge in [0, 0.05) is 19.2 Å². The van der Waals surface area contributed by atoms with Crippen molar-refractivity contribution in [1.29, 1.82) is 5.26 Å². The van der Waals surface area contributed by atoms with E-state index < -0.39 is 0 Å². The molecule has 0 atom stereocenters. The van der Waals surface area contributed by atoms with Gasteiger partial charge in [-0.05, 0) is 31.9 Å². The van der Waals surface area contributed by atoms with Crippen LogP contribution in [0.1, 0.15) is 38.1 Å². The fourth-order valence-corrected chi connectivity index (χ4v) is 2.49. The number of nitriles is 1. The number of rotatable bonds is 7. The molecule has 0 amide bonds. The minimum absolute atomic E-state index is 0.601. The molecule has 0 unspecified atom stereocenters. The van der Waals surface area contributed by atoms with Crippen LogP contribution in [0, 0.1) is 18.3 Å². The quantitative estimate of drug-likeness (QED) is 0.836. The standard InChI is InChI=1S/C18H23N5/c1-4-10-23(11-5-2)18-12-17(20-14(3)21-18)22-16-9-7-6-8-15(16)13-19/h6-9,12H,4-5,10-11H2,1-3H3,(H,20,21,22). The van der Waals surface area contributed by atoms with Crippen LogP contribution in [0.2, 0.25) is 0 Å². The zero-order valence-electron chi connectivity index (χ0n) is 14.0. The SMILES string of the molecule is CCCN(CCC)c1cc(Nc2ccccc2C#N)nc(C)n1. The van der Waals surface area contributed by atoms with Gasteiger partial charge >= 0.3 is 0 Å². The highest BCUT2D eigenvalue weighted by molar-refractivity contribution is 5.66. The van der Waals surface area contributed by atoms with Gasteiger partial charge < -0.3 is 10.2 Å². The lowest BCUT2D eigenvalue weighted by Gasteiger charge is -2.23. The van der Waals surface area contributed by atoms with Gasteiger partial charge in [0.1, 0.15) is 23.5 Å². The summed E-state index contributed by atoms with van der Waals surface area (Å²) < 4.78 is 0. The van der Waals surface area contributed by atoms with Crippen molar-refractivity contribution in [3.63, 3.8) is 0 Å². The summed E-state index contributed by atoms with van der Waals surface area (Å²) in [6, 6.07) is 11.6. The Morgan fingerprint density at radius 1 is 1.13 bits per heavy atom. The van der Waals surface area contributed by atoms with Crippen LogP contribution in [0.15, 0.2) is 30.3 Å². The number of aromatic nitrogens is 2. The molecule has 23 heavy (non-hydrogen) atoms. The molecule has 2 aromatic rings. The molecular formula is C18H23N5. The second-order valence-corrected chi connectivity index (χ2v) is 5.43. The summed E-state index contributed by atoms with van der Waals surface area (Å²) >= 11 is 0. The molecule has 0 aliphatic carbocycles. The molecule has 0 saturated carbocycles. The zero-order valence-corrected chi connectivity index (χ0v) is 14.0. The summed E-state index contributed by atoms with van der Waals surface area (Å²) in [6.45, 7) is 8.16. The van der Waals surface area contributed by atoms with Gasteiger partial charge in [-0.2, -0.15) is 5.26 Å². The zero-order chi connectivity index (χ0) is 16.7. The van der Waals surface area contributed by atoms with Crippen molar-refractivity contribution in [2.24, 2.45) is 0 Å². The van der Waals surface area contributed by atoms with E-state index in [-0.39, 0.29) is 0 Å². The second-order valence-electron chi connectivity index (χ2n) is 5.43. The highest BCUT2D eigenvalue weighted by Crippen LogP contribution is 2.22. The van der Waals surface area contributed by atoms with Crippen LogP contribution in [0.4, 0.5) is 17.3 Å². The Kier molecular flexibility index (Phi) is 5.93. The lowest BCUT2D eigenvalue weighted by molar-refractivity contribution is 0.730. The van der Waals surface area contributed by atoms with E-state index in [1.165, 1.54) is 0 Å². The van der Waals surface area contributed by atoms with E-state index in [2.05, 4.69) is 40.1 Å². The smallest absolute Gasteiger partial charge is 0.136 e. The maximum atomic E-state index is 9.20. The monoisotopic (exact) mass is 309 g/mol. The predicted octanol–water partition coefficient (Wildman–Crippen LogP) is 4.03. The minimum atomic E-state index is 0.601. The van der Waals surface area contributed by atoms with Gasteiger partial charge in [-0.15, -0.1) is 0 Å². The Morgan fingerprint density at radius 2 is 1.83 bits per heavy atom. The molecule has 0 saturated heterocycles. The van der Waals surface area contributed by atoms with Gasteiger partial charge in [0.2, 0.25) is 0 Å². The molecule has 5 nitrogen and oxygen atoms in total. The molecule has 1 aromatic carbocycles. The van der Waals surface area contributed by atoms with E-state index in [0.29, 0.717) is 11.4 Å². The number of nitrogens with zero attached hydrogens (tertiary/aromatic N) is 4. The summed E-state index contributed by atoms with van der Waals surface area (Å²) in [4.78, 5) is 11.3. The maximum Gasteiger partial charge on any atom is 0.136 e. The molecule has 0 aliphatic rings. The van der Waals surface area contributed by atoms with E-state index in [1.807, 2.05) is 31.2 Å². The molecule has 0 radical (unpaired) electrons. The molecule has 1 heterocycles.